The number of nitrogens with one attached hydrogen (secondary N) is 1. The standard InChI is InChI=1S/C21H26N6O2/c1-15(2)26-13-17(12-23-26)20-14-27(25-24-20)18-10-16(11-18)21(28)22-8-9-29-19-6-4-3-5-7-19/h3-7,12-16,18H,8-11H2,1-2H3,(H,22,28). The molecule has 0 atom stereocenters. The molecule has 0 bridgehead atoms. The van der Waals surface area contributed by atoms with Crippen LogP contribution in [-0.4, -0.2) is 43.8 Å². The lowest BCUT2D eigenvalue weighted by Gasteiger charge is -2.33. The highest BCUT2D eigenvalue weighted by atomic mass is 16.5. The number of carbonyl (C=O) groups excluding carboxylic acids is 1. The topological polar surface area (TPSA) is 86.9 Å². The van der Waals surface area contributed by atoms with Crippen LogP contribution < -0.4 is 10.1 Å². The number of carbonyl (C=O) groups is 1. The first-order chi connectivity index (χ1) is 14.1. The Hall–Kier alpha value is -3.16. The lowest BCUT2D eigenvalue weighted by molar-refractivity contribution is -0.129. The van der Waals surface area contributed by atoms with Crippen LogP contribution in [-0.2, 0) is 4.79 Å². The molecule has 1 N–H and O–H groups in total. The lowest BCUT2D eigenvalue weighted by atomic mass is 9.79. The molecule has 0 unspecified atom stereocenters. The lowest BCUT2D eigenvalue weighted by Crippen LogP contribution is -2.41. The average molecular weight is 394 g/mol. The third kappa shape index (κ3) is 4.47. The fourth-order valence-electron chi connectivity index (χ4n) is 3.36. The van der Waals surface area contributed by atoms with E-state index in [2.05, 4.69) is 34.6 Å². The average Bonchev–Trinajstić information content (AvgIpc) is 3.34. The number of benzene rings is 1. The van der Waals surface area contributed by atoms with Crippen LogP contribution in [0, 0.1) is 5.92 Å². The molecule has 2 heterocycles. The second-order valence-electron chi connectivity index (χ2n) is 7.66. The van der Waals surface area contributed by atoms with Gasteiger partial charge >= 0.3 is 0 Å². The monoisotopic (exact) mass is 394 g/mol. The smallest absolute Gasteiger partial charge is 0.223 e. The fourth-order valence-corrected chi connectivity index (χ4v) is 3.36. The van der Waals surface area contributed by atoms with Gasteiger partial charge in [0, 0.05) is 23.7 Å². The molecule has 0 radical (unpaired) electrons. The molecule has 8 heteroatoms. The number of rotatable bonds is 8. The van der Waals surface area contributed by atoms with Crippen LogP contribution >= 0.6 is 0 Å². The van der Waals surface area contributed by atoms with Gasteiger partial charge in [0.05, 0.1) is 25.0 Å². The molecule has 1 aliphatic rings. The molecule has 1 aromatic carbocycles. The van der Waals surface area contributed by atoms with Crippen molar-refractivity contribution in [3.8, 4) is 17.0 Å². The first kappa shape index (κ1) is 19.2. The minimum absolute atomic E-state index is 0.0214. The SMILES string of the molecule is CC(C)n1cc(-c2cn(C3CC(C(=O)NCCOc4ccccc4)C3)nn2)cn1. The summed E-state index contributed by atoms with van der Waals surface area (Å²) in [6.45, 7) is 5.13. The number of amides is 1. The van der Waals surface area contributed by atoms with Crippen molar-refractivity contribution in [2.45, 2.75) is 38.8 Å². The van der Waals surface area contributed by atoms with Gasteiger partial charge in [-0.2, -0.15) is 5.10 Å². The van der Waals surface area contributed by atoms with Crippen LogP contribution in [0.15, 0.2) is 48.9 Å². The fraction of sp³-hybridized carbons (Fsp3) is 0.429. The zero-order chi connectivity index (χ0) is 20.2. The third-order valence-corrected chi connectivity index (χ3v) is 5.21. The summed E-state index contributed by atoms with van der Waals surface area (Å²) < 4.78 is 9.36. The second-order valence-corrected chi connectivity index (χ2v) is 7.66. The van der Waals surface area contributed by atoms with Gasteiger partial charge < -0.3 is 10.1 Å². The number of para-hydroxylation sites is 1. The quantitative estimate of drug-likeness (QED) is 0.594. The Morgan fingerprint density at radius 3 is 2.76 bits per heavy atom. The molecule has 29 heavy (non-hydrogen) atoms. The molecule has 0 aliphatic heterocycles. The van der Waals surface area contributed by atoms with Gasteiger partial charge in [0.2, 0.25) is 5.91 Å². The van der Waals surface area contributed by atoms with E-state index in [4.69, 9.17) is 4.74 Å². The first-order valence-electron chi connectivity index (χ1n) is 10.0. The molecule has 0 spiro atoms. The number of ether oxygens (including phenoxy) is 1. The van der Waals surface area contributed by atoms with Crippen LogP contribution in [0.1, 0.15) is 38.8 Å². The Labute approximate surface area is 169 Å². The van der Waals surface area contributed by atoms with Gasteiger partial charge in [-0.15, -0.1) is 5.10 Å². The van der Waals surface area contributed by atoms with Crippen LogP contribution in [0.4, 0.5) is 0 Å². The molecule has 8 nitrogen and oxygen atoms in total. The molecule has 0 saturated heterocycles. The Balaban J connectivity index is 1.21. The van der Waals surface area contributed by atoms with Crippen LogP contribution in [0.25, 0.3) is 11.3 Å². The minimum atomic E-state index is 0.0214. The highest BCUT2D eigenvalue weighted by Gasteiger charge is 2.36. The van der Waals surface area contributed by atoms with Gasteiger partial charge in [-0.3, -0.25) is 9.48 Å². The molecule has 1 saturated carbocycles. The minimum Gasteiger partial charge on any atom is -0.492 e. The Bertz CT molecular complexity index is 943. The maximum atomic E-state index is 12.3. The molecule has 1 amide bonds. The van der Waals surface area contributed by atoms with E-state index >= 15 is 0 Å². The van der Waals surface area contributed by atoms with Gasteiger partial charge in [-0.05, 0) is 38.8 Å². The maximum absolute atomic E-state index is 12.3. The second kappa shape index (κ2) is 8.46. The summed E-state index contributed by atoms with van der Waals surface area (Å²) in [5.74, 6) is 0.913. The molecule has 3 aromatic rings. The molecule has 4 rings (SSSR count). The van der Waals surface area contributed by atoms with Gasteiger partial charge in [-0.1, -0.05) is 23.4 Å². The van der Waals surface area contributed by atoms with Crippen molar-refractivity contribution in [3.63, 3.8) is 0 Å². The first-order valence-corrected chi connectivity index (χ1v) is 10.0. The van der Waals surface area contributed by atoms with Gasteiger partial charge in [0.15, 0.2) is 0 Å². The normalized spacial score (nSPS) is 18.4. The summed E-state index contributed by atoms with van der Waals surface area (Å²) in [5.41, 5.74) is 1.76. The molecule has 1 aliphatic carbocycles. The summed E-state index contributed by atoms with van der Waals surface area (Å²) in [6, 6.07) is 10.1. The summed E-state index contributed by atoms with van der Waals surface area (Å²) in [6.07, 6.45) is 7.28. The van der Waals surface area contributed by atoms with Crippen molar-refractivity contribution in [1.82, 2.24) is 30.1 Å². The Kier molecular flexibility index (Phi) is 5.59. The van der Waals surface area contributed by atoms with E-state index in [-0.39, 0.29) is 17.9 Å². The Morgan fingerprint density at radius 2 is 2.03 bits per heavy atom. The molecular formula is C21H26N6O2. The molecule has 2 aromatic heterocycles. The molecular weight excluding hydrogens is 368 g/mol. The van der Waals surface area contributed by atoms with E-state index in [0.29, 0.717) is 19.2 Å². The van der Waals surface area contributed by atoms with Gasteiger partial charge in [0.1, 0.15) is 18.1 Å². The summed E-state index contributed by atoms with van der Waals surface area (Å²) >= 11 is 0. The van der Waals surface area contributed by atoms with Crippen LogP contribution in [0.2, 0.25) is 0 Å². The van der Waals surface area contributed by atoms with E-state index in [1.807, 2.05) is 58.3 Å². The summed E-state index contributed by atoms with van der Waals surface area (Å²) in [7, 11) is 0. The van der Waals surface area contributed by atoms with Crippen molar-refractivity contribution in [2.24, 2.45) is 5.92 Å². The number of aromatic nitrogens is 5. The zero-order valence-electron chi connectivity index (χ0n) is 16.7. The van der Waals surface area contributed by atoms with E-state index in [1.165, 1.54) is 0 Å². The summed E-state index contributed by atoms with van der Waals surface area (Å²) in [5, 5.41) is 15.8. The van der Waals surface area contributed by atoms with Crippen molar-refractivity contribution >= 4 is 5.91 Å². The third-order valence-electron chi connectivity index (χ3n) is 5.21. The van der Waals surface area contributed by atoms with E-state index in [9.17, 15) is 4.79 Å². The highest BCUT2D eigenvalue weighted by Crippen LogP contribution is 2.37. The maximum Gasteiger partial charge on any atom is 0.223 e. The van der Waals surface area contributed by atoms with E-state index < -0.39 is 0 Å². The van der Waals surface area contributed by atoms with Crippen molar-refractivity contribution in [2.75, 3.05) is 13.2 Å². The van der Waals surface area contributed by atoms with Crippen molar-refractivity contribution in [3.05, 3.63) is 48.9 Å². The molecule has 1 fully saturated rings. The zero-order valence-corrected chi connectivity index (χ0v) is 16.7. The van der Waals surface area contributed by atoms with Gasteiger partial charge in [0.25, 0.3) is 0 Å². The largest absolute Gasteiger partial charge is 0.492 e. The number of hydrogen-bond donors (Lipinski definition) is 1. The van der Waals surface area contributed by atoms with Crippen LogP contribution in [0.3, 0.4) is 0 Å². The summed E-state index contributed by atoms with van der Waals surface area (Å²) in [4.78, 5) is 12.3. The number of nitrogens with zero attached hydrogens (tertiary/aromatic N) is 5. The predicted octanol–water partition coefficient (Wildman–Crippen LogP) is 2.87. The van der Waals surface area contributed by atoms with Gasteiger partial charge in [-0.25, -0.2) is 4.68 Å². The molecule has 152 valence electrons. The van der Waals surface area contributed by atoms with E-state index in [0.717, 1.165) is 29.8 Å². The van der Waals surface area contributed by atoms with Crippen molar-refractivity contribution < 1.29 is 9.53 Å². The number of hydrogen-bond acceptors (Lipinski definition) is 5. The highest BCUT2D eigenvalue weighted by molar-refractivity contribution is 5.79. The Morgan fingerprint density at radius 1 is 1.24 bits per heavy atom. The van der Waals surface area contributed by atoms with Crippen molar-refractivity contribution in [1.29, 1.82) is 0 Å². The van der Waals surface area contributed by atoms with Crippen LogP contribution in [0.5, 0.6) is 5.75 Å². The predicted molar refractivity (Wildman–Crippen MR) is 108 cm³/mol. The van der Waals surface area contributed by atoms with E-state index in [1.54, 1.807) is 0 Å².